The average Bonchev–Trinajstić information content (AvgIpc) is 2.53. The summed E-state index contributed by atoms with van der Waals surface area (Å²) in [5.74, 6) is 3.76. The number of carbonyl (C=O) groups is 1. The predicted molar refractivity (Wildman–Crippen MR) is 91.1 cm³/mol. The van der Waals surface area contributed by atoms with E-state index in [-0.39, 0.29) is 18.3 Å². The minimum absolute atomic E-state index is 0.0310. The van der Waals surface area contributed by atoms with Crippen molar-refractivity contribution in [2.45, 2.75) is 44.1 Å². The second-order valence-corrected chi connectivity index (χ2v) is 7.77. The molecule has 2 amide bonds. The van der Waals surface area contributed by atoms with E-state index in [1.807, 2.05) is 24.3 Å². The van der Waals surface area contributed by atoms with Gasteiger partial charge in [-0.3, -0.25) is 0 Å². The summed E-state index contributed by atoms with van der Waals surface area (Å²) in [7, 11) is 1.61. The normalized spacial score (nSPS) is 33.1. The lowest BCUT2D eigenvalue weighted by atomic mass is 9.53. The Hall–Kier alpha value is -1.91. The number of carbonyl (C=O) groups excluding carboxylic acids is 1. The molecule has 0 radical (unpaired) electrons. The van der Waals surface area contributed by atoms with Crippen molar-refractivity contribution in [3.63, 3.8) is 0 Å². The highest BCUT2D eigenvalue weighted by molar-refractivity contribution is 5.74. The molecule has 0 heterocycles. The lowest BCUT2D eigenvalue weighted by Gasteiger charge is -2.56. The molecule has 4 bridgehead atoms. The zero-order valence-electron chi connectivity index (χ0n) is 14.2. The van der Waals surface area contributed by atoms with Gasteiger partial charge in [-0.2, -0.15) is 0 Å². The number of ether oxygens (including phenoxy) is 2. The van der Waals surface area contributed by atoms with Crippen molar-refractivity contribution in [1.29, 1.82) is 0 Å². The van der Waals surface area contributed by atoms with Gasteiger partial charge in [0.1, 0.15) is 0 Å². The molecule has 4 saturated carbocycles. The molecule has 5 nitrogen and oxygen atoms in total. The molecule has 1 aromatic rings. The lowest BCUT2D eigenvalue weighted by molar-refractivity contribution is -0.0137. The molecule has 0 atom stereocenters. The van der Waals surface area contributed by atoms with Crippen LogP contribution in [0.1, 0.15) is 38.5 Å². The fourth-order valence-corrected chi connectivity index (χ4v) is 5.47. The van der Waals surface area contributed by atoms with Gasteiger partial charge in [0.05, 0.1) is 7.11 Å². The van der Waals surface area contributed by atoms with Crippen molar-refractivity contribution in [2.75, 3.05) is 13.8 Å². The Morgan fingerprint density at radius 2 is 1.67 bits per heavy atom. The minimum atomic E-state index is -0.119. The summed E-state index contributed by atoms with van der Waals surface area (Å²) in [5, 5.41) is 6.11. The van der Waals surface area contributed by atoms with Crippen molar-refractivity contribution >= 4 is 6.03 Å². The van der Waals surface area contributed by atoms with Gasteiger partial charge >= 0.3 is 6.03 Å². The number of para-hydroxylation sites is 2. The summed E-state index contributed by atoms with van der Waals surface area (Å²) >= 11 is 0. The number of hydrogen-bond acceptors (Lipinski definition) is 3. The monoisotopic (exact) mass is 330 g/mol. The third-order valence-electron chi connectivity index (χ3n) is 5.95. The van der Waals surface area contributed by atoms with Gasteiger partial charge in [0.25, 0.3) is 0 Å². The Labute approximate surface area is 143 Å². The molecule has 4 fully saturated rings. The first-order chi connectivity index (χ1) is 11.7. The molecule has 1 aromatic carbocycles. The summed E-state index contributed by atoms with van der Waals surface area (Å²) in [6, 6.07) is 7.32. The van der Waals surface area contributed by atoms with Crippen LogP contribution in [0, 0.1) is 17.8 Å². The number of urea groups is 1. The van der Waals surface area contributed by atoms with Gasteiger partial charge in [-0.05, 0) is 68.4 Å². The maximum absolute atomic E-state index is 12.3. The van der Waals surface area contributed by atoms with Gasteiger partial charge in [0, 0.05) is 5.54 Å². The topological polar surface area (TPSA) is 59.6 Å². The Morgan fingerprint density at radius 3 is 2.25 bits per heavy atom. The van der Waals surface area contributed by atoms with Crippen LogP contribution in [0.5, 0.6) is 11.5 Å². The van der Waals surface area contributed by atoms with E-state index < -0.39 is 0 Å². The van der Waals surface area contributed by atoms with Crippen LogP contribution >= 0.6 is 0 Å². The van der Waals surface area contributed by atoms with E-state index >= 15 is 0 Å². The Morgan fingerprint density at radius 1 is 1.08 bits per heavy atom. The fourth-order valence-electron chi connectivity index (χ4n) is 5.47. The Bertz CT molecular complexity index is 581. The van der Waals surface area contributed by atoms with Crippen LogP contribution < -0.4 is 20.1 Å². The number of methoxy groups -OCH3 is 1. The first kappa shape index (κ1) is 15.6. The number of benzene rings is 1. The molecule has 0 saturated heterocycles. The van der Waals surface area contributed by atoms with Crippen LogP contribution in [0.4, 0.5) is 4.79 Å². The number of hydrogen-bond donors (Lipinski definition) is 2. The van der Waals surface area contributed by atoms with Crippen LogP contribution in [-0.2, 0) is 0 Å². The molecular weight excluding hydrogens is 304 g/mol. The standard InChI is InChI=1S/C19H26N2O3/c1-23-16-4-2-3-5-17(16)24-12-20-18(22)21-19-9-13-6-14(10-19)8-15(7-13)11-19/h2-5,13-15H,6-12H2,1H3,(H2,20,21,22). The number of rotatable bonds is 5. The van der Waals surface area contributed by atoms with E-state index in [9.17, 15) is 4.79 Å². The summed E-state index contributed by atoms with van der Waals surface area (Å²) in [5.41, 5.74) is 0.0310. The van der Waals surface area contributed by atoms with Crippen molar-refractivity contribution in [1.82, 2.24) is 10.6 Å². The molecule has 4 aliphatic rings. The minimum Gasteiger partial charge on any atom is -0.493 e. The molecule has 5 heteroatoms. The summed E-state index contributed by atoms with van der Waals surface area (Å²) in [4.78, 5) is 12.3. The summed E-state index contributed by atoms with van der Waals surface area (Å²) in [6.07, 6.45) is 7.58. The van der Waals surface area contributed by atoms with Crippen LogP contribution in [0.3, 0.4) is 0 Å². The number of nitrogens with one attached hydrogen (secondary N) is 2. The molecule has 4 aliphatic carbocycles. The quantitative estimate of drug-likeness (QED) is 0.815. The van der Waals surface area contributed by atoms with Gasteiger partial charge in [-0.1, -0.05) is 12.1 Å². The zero-order chi connectivity index (χ0) is 16.6. The van der Waals surface area contributed by atoms with Crippen LogP contribution in [0.25, 0.3) is 0 Å². The van der Waals surface area contributed by atoms with E-state index in [1.54, 1.807) is 7.11 Å². The predicted octanol–water partition coefficient (Wildman–Crippen LogP) is 3.30. The Balaban J connectivity index is 1.30. The van der Waals surface area contributed by atoms with Crippen molar-refractivity contribution in [3.8, 4) is 11.5 Å². The second-order valence-electron chi connectivity index (χ2n) is 7.77. The van der Waals surface area contributed by atoms with Crippen LogP contribution in [0.2, 0.25) is 0 Å². The third-order valence-corrected chi connectivity index (χ3v) is 5.95. The van der Waals surface area contributed by atoms with Crippen LogP contribution in [-0.4, -0.2) is 25.4 Å². The first-order valence-electron chi connectivity index (χ1n) is 8.98. The van der Waals surface area contributed by atoms with Gasteiger partial charge in [0.2, 0.25) is 0 Å². The van der Waals surface area contributed by atoms with Gasteiger partial charge < -0.3 is 20.1 Å². The molecular formula is C19H26N2O3. The SMILES string of the molecule is COc1ccccc1OCNC(=O)NC12CC3CC(CC(C3)C1)C2. The van der Waals surface area contributed by atoms with E-state index in [2.05, 4.69) is 10.6 Å². The molecule has 0 aromatic heterocycles. The summed E-state index contributed by atoms with van der Waals surface area (Å²) in [6.45, 7) is 0.137. The van der Waals surface area contributed by atoms with E-state index in [1.165, 1.54) is 19.3 Å². The largest absolute Gasteiger partial charge is 0.493 e. The van der Waals surface area contributed by atoms with Crippen LogP contribution in [0.15, 0.2) is 24.3 Å². The number of amides is 2. The fraction of sp³-hybridized carbons (Fsp3) is 0.632. The second kappa shape index (κ2) is 6.19. The third kappa shape index (κ3) is 3.04. The van der Waals surface area contributed by atoms with E-state index in [4.69, 9.17) is 9.47 Å². The molecule has 0 aliphatic heterocycles. The lowest BCUT2D eigenvalue weighted by Crippen LogP contribution is -2.61. The molecule has 24 heavy (non-hydrogen) atoms. The molecule has 5 rings (SSSR count). The van der Waals surface area contributed by atoms with Crippen molar-refractivity contribution in [3.05, 3.63) is 24.3 Å². The summed E-state index contributed by atoms with van der Waals surface area (Å²) < 4.78 is 10.9. The Kier molecular flexibility index (Phi) is 4.02. The van der Waals surface area contributed by atoms with E-state index in [0.717, 1.165) is 37.0 Å². The molecule has 0 spiro atoms. The smallest absolute Gasteiger partial charge is 0.317 e. The van der Waals surface area contributed by atoms with Gasteiger partial charge in [0.15, 0.2) is 18.2 Å². The highest BCUT2D eigenvalue weighted by Gasteiger charge is 2.51. The highest BCUT2D eigenvalue weighted by Crippen LogP contribution is 2.55. The maximum atomic E-state index is 12.3. The molecule has 2 N–H and O–H groups in total. The maximum Gasteiger partial charge on any atom is 0.317 e. The zero-order valence-corrected chi connectivity index (χ0v) is 14.2. The highest BCUT2D eigenvalue weighted by atomic mass is 16.5. The van der Waals surface area contributed by atoms with Gasteiger partial charge in [-0.15, -0.1) is 0 Å². The molecule has 130 valence electrons. The first-order valence-corrected chi connectivity index (χ1v) is 8.98. The van der Waals surface area contributed by atoms with Crippen molar-refractivity contribution in [2.24, 2.45) is 17.8 Å². The molecule has 0 unspecified atom stereocenters. The van der Waals surface area contributed by atoms with E-state index in [0.29, 0.717) is 11.5 Å². The average molecular weight is 330 g/mol. The van der Waals surface area contributed by atoms with Crippen molar-refractivity contribution < 1.29 is 14.3 Å². The van der Waals surface area contributed by atoms with Gasteiger partial charge in [-0.25, -0.2) is 4.79 Å².